The van der Waals surface area contributed by atoms with Crippen LogP contribution in [0.3, 0.4) is 0 Å². The number of carbonyl (C=O) groups excluding carboxylic acids is 1. The quantitative estimate of drug-likeness (QED) is 0.755. The third-order valence-electron chi connectivity index (χ3n) is 3.37. The van der Waals surface area contributed by atoms with Gasteiger partial charge >= 0.3 is 0 Å². The van der Waals surface area contributed by atoms with E-state index in [1.54, 1.807) is 12.5 Å². The number of benzene rings is 2. The van der Waals surface area contributed by atoms with Gasteiger partial charge in [0.2, 0.25) is 5.91 Å². The van der Waals surface area contributed by atoms with Crippen LogP contribution < -0.4 is 10.1 Å². The number of amides is 1. The van der Waals surface area contributed by atoms with Crippen LogP contribution >= 0.6 is 0 Å². The molecule has 0 aliphatic carbocycles. The zero-order valence-corrected chi connectivity index (χ0v) is 12.9. The monoisotopic (exact) mass is 325 g/mol. The van der Waals surface area contributed by atoms with Crippen molar-refractivity contribution in [1.82, 2.24) is 9.55 Å². The smallest absolute Gasteiger partial charge is 0.227 e. The molecule has 1 N–H and O–H groups in total. The molecule has 0 aliphatic heterocycles. The summed E-state index contributed by atoms with van der Waals surface area (Å²) < 4.78 is 20.0. The highest BCUT2D eigenvalue weighted by Crippen LogP contribution is 2.14. The van der Waals surface area contributed by atoms with Crippen molar-refractivity contribution < 1.29 is 13.9 Å². The molecule has 3 aromatic rings. The van der Waals surface area contributed by atoms with Gasteiger partial charge in [0, 0.05) is 23.8 Å². The molecule has 3 rings (SSSR count). The second kappa shape index (κ2) is 7.41. The topological polar surface area (TPSA) is 56.1 Å². The van der Waals surface area contributed by atoms with Gasteiger partial charge in [-0.2, -0.15) is 0 Å². The Morgan fingerprint density at radius 3 is 2.54 bits per heavy atom. The zero-order chi connectivity index (χ0) is 16.8. The van der Waals surface area contributed by atoms with Crippen LogP contribution in [0.2, 0.25) is 0 Å². The Morgan fingerprint density at radius 1 is 1.12 bits per heavy atom. The largest absolute Gasteiger partial charge is 0.493 e. The third-order valence-corrected chi connectivity index (χ3v) is 3.37. The van der Waals surface area contributed by atoms with Crippen LogP contribution in [-0.4, -0.2) is 22.1 Å². The molecule has 24 heavy (non-hydrogen) atoms. The molecule has 0 saturated heterocycles. The summed E-state index contributed by atoms with van der Waals surface area (Å²) in [6, 6.07) is 13.1. The molecule has 2 aromatic carbocycles. The van der Waals surface area contributed by atoms with Crippen molar-refractivity contribution in [2.45, 2.75) is 6.42 Å². The number of ether oxygens (including phenoxy) is 1. The van der Waals surface area contributed by atoms with Crippen molar-refractivity contribution in [3.05, 3.63) is 73.1 Å². The molecule has 1 heterocycles. The van der Waals surface area contributed by atoms with Crippen LogP contribution in [0.25, 0.3) is 5.69 Å². The van der Waals surface area contributed by atoms with Crippen LogP contribution in [0, 0.1) is 5.82 Å². The lowest BCUT2D eigenvalue weighted by molar-refractivity contribution is -0.116. The first-order valence-corrected chi connectivity index (χ1v) is 7.47. The lowest BCUT2D eigenvalue weighted by Crippen LogP contribution is -2.15. The van der Waals surface area contributed by atoms with Gasteiger partial charge in [0.25, 0.3) is 0 Å². The molecule has 0 fully saturated rings. The van der Waals surface area contributed by atoms with Crippen LogP contribution in [0.1, 0.15) is 6.42 Å². The van der Waals surface area contributed by atoms with Gasteiger partial charge in [-0.3, -0.25) is 4.79 Å². The van der Waals surface area contributed by atoms with Crippen LogP contribution in [0.15, 0.2) is 67.3 Å². The summed E-state index contributed by atoms with van der Waals surface area (Å²) in [5, 5.41) is 2.81. The molecule has 122 valence electrons. The number of nitrogens with one attached hydrogen (secondary N) is 1. The lowest BCUT2D eigenvalue weighted by atomic mass is 10.2. The van der Waals surface area contributed by atoms with Crippen molar-refractivity contribution in [3.63, 3.8) is 0 Å². The molecule has 0 radical (unpaired) electrons. The lowest BCUT2D eigenvalue weighted by Gasteiger charge is -2.08. The van der Waals surface area contributed by atoms with Crippen LogP contribution in [-0.2, 0) is 4.79 Å². The summed E-state index contributed by atoms with van der Waals surface area (Å²) in [6.45, 7) is 0.227. The van der Waals surface area contributed by atoms with E-state index in [0.29, 0.717) is 11.4 Å². The zero-order valence-electron chi connectivity index (χ0n) is 12.9. The SMILES string of the molecule is O=C(CCOc1ccc(F)cc1)Nc1ccc(-n2ccnc2)cc1. The summed E-state index contributed by atoms with van der Waals surface area (Å²) in [5.74, 6) is 0.0700. The van der Waals surface area contributed by atoms with E-state index in [2.05, 4.69) is 10.3 Å². The van der Waals surface area contributed by atoms with Gasteiger partial charge in [-0.15, -0.1) is 0 Å². The maximum absolute atomic E-state index is 12.8. The number of nitrogens with zero attached hydrogens (tertiary/aromatic N) is 2. The Morgan fingerprint density at radius 2 is 1.88 bits per heavy atom. The predicted octanol–water partition coefficient (Wildman–Crippen LogP) is 3.42. The third kappa shape index (κ3) is 4.19. The molecule has 1 amide bonds. The number of imidazole rings is 1. The Hall–Kier alpha value is -3.15. The van der Waals surface area contributed by atoms with E-state index in [1.807, 2.05) is 35.0 Å². The first kappa shape index (κ1) is 15.7. The van der Waals surface area contributed by atoms with E-state index in [0.717, 1.165) is 5.69 Å². The van der Waals surface area contributed by atoms with E-state index in [4.69, 9.17) is 4.74 Å². The highest BCUT2D eigenvalue weighted by Gasteiger charge is 2.04. The Balaban J connectivity index is 1.47. The molecule has 0 bridgehead atoms. The first-order chi connectivity index (χ1) is 11.7. The molecule has 1 aromatic heterocycles. The number of hydrogen-bond acceptors (Lipinski definition) is 3. The molecule has 0 unspecified atom stereocenters. The number of rotatable bonds is 6. The van der Waals surface area contributed by atoms with Crippen molar-refractivity contribution in [2.75, 3.05) is 11.9 Å². The van der Waals surface area contributed by atoms with Crippen LogP contribution in [0.4, 0.5) is 10.1 Å². The molecule has 0 aliphatic rings. The summed E-state index contributed by atoms with van der Waals surface area (Å²) in [7, 11) is 0. The van der Waals surface area contributed by atoms with Crippen molar-refractivity contribution in [2.24, 2.45) is 0 Å². The van der Waals surface area contributed by atoms with Gasteiger partial charge < -0.3 is 14.6 Å². The molecule has 0 spiro atoms. The van der Waals surface area contributed by atoms with Gasteiger partial charge in [-0.25, -0.2) is 9.37 Å². The standard InChI is InChI=1S/C18H16FN3O2/c19-14-1-7-17(8-2-14)24-12-9-18(23)21-15-3-5-16(6-4-15)22-11-10-20-13-22/h1-8,10-11,13H,9,12H2,(H,21,23). The number of anilines is 1. The van der Waals surface area contributed by atoms with Gasteiger partial charge in [-0.05, 0) is 48.5 Å². The summed E-state index contributed by atoms with van der Waals surface area (Å²) in [6.07, 6.45) is 5.47. The van der Waals surface area contributed by atoms with Gasteiger partial charge in [0.15, 0.2) is 0 Å². The van der Waals surface area contributed by atoms with Crippen LogP contribution in [0.5, 0.6) is 5.75 Å². The van der Waals surface area contributed by atoms with Crippen molar-refractivity contribution >= 4 is 11.6 Å². The molecule has 0 atom stereocenters. The minimum atomic E-state index is -0.320. The maximum Gasteiger partial charge on any atom is 0.227 e. The normalized spacial score (nSPS) is 10.4. The fourth-order valence-corrected chi connectivity index (χ4v) is 2.14. The Bertz CT molecular complexity index is 784. The molecule has 6 heteroatoms. The predicted molar refractivity (Wildman–Crippen MR) is 88.7 cm³/mol. The van der Waals surface area contributed by atoms with E-state index < -0.39 is 0 Å². The molecule has 0 saturated carbocycles. The molecule has 5 nitrogen and oxygen atoms in total. The van der Waals surface area contributed by atoms with Gasteiger partial charge in [0.05, 0.1) is 19.4 Å². The van der Waals surface area contributed by atoms with E-state index in [-0.39, 0.29) is 24.8 Å². The van der Waals surface area contributed by atoms with E-state index >= 15 is 0 Å². The summed E-state index contributed by atoms with van der Waals surface area (Å²) >= 11 is 0. The first-order valence-electron chi connectivity index (χ1n) is 7.47. The minimum absolute atomic E-state index is 0.146. The second-order valence-electron chi connectivity index (χ2n) is 5.12. The highest BCUT2D eigenvalue weighted by molar-refractivity contribution is 5.90. The Labute approximate surface area is 138 Å². The average molecular weight is 325 g/mol. The fraction of sp³-hybridized carbons (Fsp3) is 0.111. The number of hydrogen-bond donors (Lipinski definition) is 1. The average Bonchev–Trinajstić information content (AvgIpc) is 3.12. The Kier molecular flexibility index (Phi) is 4.86. The number of aromatic nitrogens is 2. The minimum Gasteiger partial charge on any atom is -0.493 e. The highest BCUT2D eigenvalue weighted by atomic mass is 19.1. The molecular formula is C18H16FN3O2. The van der Waals surface area contributed by atoms with Gasteiger partial charge in [-0.1, -0.05) is 0 Å². The maximum atomic E-state index is 12.8. The fourth-order valence-electron chi connectivity index (χ4n) is 2.14. The van der Waals surface area contributed by atoms with E-state index in [9.17, 15) is 9.18 Å². The van der Waals surface area contributed by atoms with E-state index in [1.165, 1.54) is 24.3 Å². The summed E-state index contributed by atoms with van der Waals surface area (Å²) in [4.78, 5) is 15.9. The van der Waals surface area contributed by atoms with Crippen molar-refractivity contribution in [1.29, 1.82) is 0 Å². The molecular weight excluding hydrogens is 309 g/mol. The number of carbonyl (C=O) groups is 1. The summed E-state index contributed by atoms with van der Waals surface area (Å²) in [5.41, 5.74) is 1.68. The number of halogens is 1. The van der Waals surface area contributed by atoms with Crippen molar-refractivity contribution in [3.8, 4) is 11.4 Å². The van der Waals surface area contributed by atoms with Gasteiger partial charge in [0.1, 0.15) is 11.6 Å². The second-order valence-corrected chi connectivity index (χ2v) is 5.12.